The number of aromatic nitrogens is 1. The monoisotopic (exact) mass is 248 g/mol. The maximum Gasteiger partial charge on any atom is 0.128 e. The Morgan fingerprint density at radius 2 is 1.89 bits per heavy atom. The zero-order valence-electron chi connectivity index (χ0n) is 12.2. The minimum absolute atomic E-state index is 0.898. The van der Waals surface area contributed by atoms with Crippen LogP contribution in [0, 0.1) is 5.92 Å². The highest BCUT2D eigenvalue weighted by Gasteiger charge is 2.10. The Morgan fingerprint density at radius 1 is 1.17 bits per heavy atom. The molecule has 0 saturated carbocycles. The molecule has 1 saturated heterocycles. The number of rotatable bonds is 3. The summed E-state index contributed by atoms with van der Waals surface area (Å²) in [6, 6.07) is 6.11. The van der Waals surface area contributed by atoms with Crippen molar-refractivity contribution in [3.8, 4) is 0 Å². The van der Waals surface area contributed by atoms with Crippen molar-refractivity contribution < 1.29 is 0 Å². The lowest BCUT2D eigenvalue weighted by Gasteiger charge is -2.27. The molecule has 0 unspecified atom stereocenters. The third-order valence-corrected chi connectivity index (χ3v) is 3.20. The smallest absolute Gasteiger partial charge is 0.128 e. The van der Waals surface area contributed by atoms with Crippen molar-refractivity contribution >= 4 is 5.82 Å². The molecule has 18 heavy (non-hydrogen) atoms. The first-order valence-electron chi connectivity index (χ1n) is 7.40. The van der Waals surface area contributed by atoms with Crippen molar-refractivity contribution in [3.63, 3.8) is 0 Å². The molecule has 2 heterocycles. The molecule has 0 radical (unpaired) electrons. The Bertz CT molecular complexity index is 289. The molecule has 1 aromatic rings. The third kappa shape index (κ3) is 6.04. The molecule has 1 fully saturated rings. The second kappa shape index (κ2) is 8.96. The molecule has 1 aliphatic rings. The number of pyridine rings is 1. The van der Waals surface area contributed by atoms with Gasteiger partial charge in [-0.3, -0.25) is 0 Å². The first-order valence-corrected chi connectivity index (χ1v) is 7.40. The van der Waals surface area contributed by atoms with Gasteiger partial charge >= 0.3 is 0 Å². The Kier molecular flexibility index (Phi) is 7.47. The molecule has 2 nitrogen and oxygen atoms in total. The predicted octanol–water partition coefficient (Wildman–Crippen LogP) is 4.51. The van der Waals surface area contributed by atoms with E-state index in [1.165, 1.54) is 45.2 Å². The van der Waals surface area contributed by atoms with Gasteiger partial charge in [0.2, 0.25) is 0 Å². The van der Waals surface area contributed by atoms with Gasteiger partial charge in [-0.25, -0.2) is 4.98 Å². The Hall–Kier alpha value is -1.05. The Balaban J connectivity index is 0.000000232. The van der Waals surface area contributed by atoms with Crippen LogP contribution in [0.2, 0.25) is 0 Å². The van der Waals surface area contributed by atoms with Crippen LogP contribution in [0.4, 0.5) is 5.82 Å². The number of piperidine rings is 1. The van der Waals surface area contributed by atoms with Crippen molar-refractivity contribution in [2.75, 3.05) is 18.0 Å². The maximum atomic E-state index is 4.33. The van der Waals surface area contributed by atoms with E-state index in [2.05, 4.69) is 42.8 Å². The lowest BCUT2D eigenvalue weighted by molar-refractivity contribution is 0.573. The van der Waals surface area contributed by atoms with E-state index in [9.17, 15) is 0 Å². The van der Waals surface area contributed by atoms with Crippen molar-refractivity contribution in [2.45, 2.75) is 52.9 Å². The molecule has 0 bridgehead atoms. The molecule has 102 valence electrons. The van der Waals surface area contributed by atoms with Gasteiger partial charge in [-0.1, -0.05) is 39.7 Å². The van der Waals surface area contributed by atoms with E-state index in [-0.39, 0.29) is 0 Å². The molecule has 1 aliphatic heterocycles. The van der Waals surface area contributed by atoms with Gasteiger partial charge in [0.25, 0.3) is 0 Å². The first-order chi connectivity index (χ1) is 8.74. The summed E-state index contributed by atoms with van der Waals surface area (Å²) in [5, 5.41) is 0. The summed E-state index contributed by atoms with van der Waals surface area (Å²) >= 11 is 0. The average molecular weight is 248 g/mol. The summed E-state index contributed by atoms with van der Waals surface area (Å²) in [6.07, 6.45) is 8.58. The fraction of sp³-hybridized carbons (Fsp3) is 0.688. The van der Waals surface area contributed by atoms with E-state index in [0.29, 0.717) is 0 Å². The van der Waals surface area contributed by atoms with Crippen LogP contribution in [0.3, 0.4) is 0 Å². The fourth-order valence-electron chi connectivity index (χ4n) is 2.24. The van der Waals surface area contributed by atoms with Gasteiger partial charge in [-0.2, -0.15) is 0 Å². The van der Waals surface area contributed by atoms with Crippen LogP contribution in [0.15, 0.2) is 24.4 Å². The predicted molar refractivity (Wildman–Crippen MR) is 80.0 cm³/mol. The summed E-state index contributed by atoms with van der Waals surface area (Å²) in [6.45, 7) is 9.08. The normalized spacial score (nSPS) is 15.2. The zero-order valence-corrected chi connectivity index (χ0v) is 12.2. The van der Waals surface area contributed by atoms with Gasteiger partial charge in [-0.15, -0.1) is 0 Å². The van der Waals surface area contributed by atoms with Crippen LogP contribution >= 0.6 is 0 Å². The molecule has 1 aromatic heterocycles. The van der Waals surface area contributed by atoms with Crippen molar-refractivity contribution in [1.82, 2.24) is 4.98 Å². The largest absolute Gasteiger partial charge is 0.357 e. The summed E-state index contributed by atoms with van der Waals surface area (Å²) in [7, 11) is 0. The number of anilines is 1. The molecular weight excluding hydrogens is 220 g/mol. The zero-order chi connectivity index (χ0) is 13.2. The maximum absolute atomic E-state index is 4.33. The van der Waals surface area contributed by atoms with E-state index in [0.717, 1.165) is 11.7 Å². The van der Waals surface area contributed by atoms with Gasteiger partial charge < -0.3 is 4.90 Å². The molecule has 0 N–H and O–H groups in total. The van der Waals surface area contributed by atoms with E-state index >= 15 is 0 Å². The molecule has 0 amide bonds. The lowest BCUT2D eigenvalue weighted by atomic mass is 10.1. The van der Waals surface area contributed by atoms with Crippen LogP contribution in [-0.4, -0.2) is 18.1 Å². The highest BCUT2D eigenvalue weighted by molar-refractivity contribution is 5.37. The molecule has 2 rings (SSSR count). The number of nitrogens with zero attached hydrogens (tertiary/aromatic N) is 2. The molecule has 2 heteroatoms. The third-order valence-electron chi connectivity index (χ3n) is 3.20. The van der Waals surface area contributed by atoms with E-state index < -0.39 is 0 Å². The summed E-state index contributed by atoms with van der Waals surface area (Å²) in [5.74, 6) is 2.03. The van der Waals surface area contributed by atoms with Crippen molar-refractivity contribution in [3.05, 3.63) is 24.4 Å². The van der Waals surface area contributed by atoms with Crippen LogP contribution in [-0.2, 0) is 0 Å². The Morgan fingerprint density at radius 3 is 2.33 bits per heavy atom. The van der Waals surface area contributed by atoms with Gasteiger partial charge in [0.05, 0.1) is 0 Å². The SMILES string of the molecule is CCCC(C)C.c1ccc(N2CCCCC2)nc1. The van der Waals surface area contributed by atoms with Crippen LogP contribution in [0.5, 0.6) is 0 Å². The van der Waals surface area contributed by atoms with Gasteiger partial charge in [-0.05, 0) is 37.3 Å². The summed E-state index contributed by atoms with van der Waals surface area (Å²) in [5.41, 5.74) is 0. The molecule has 0 spiro atoms. The lowest BCUT2D eigenvalue weighted by Crippen LogP contribution is -2.29. The van der Waals surface area contributed by atoms with Gasteiger partial charge in [0.15, 0.2) is 0 Å². The minimum atomic E-state index is 0.898. The highest BCUT2D eigenvalue weighted by Crippen LogP contribution is 2.15. The quantitative estimate of drug-likeness (QED) is 0.782. The summed E-state index contributed by atoms with van der Waals surface area (Å²) < 4.78 is 0. The van der Waals surface area contributed by atoms with Crippen LogP contribution in [0.25, 0.3) is 0 Å². The second-order valence-corrected chi connectivity index (χ2v) is 5.42. The Labute approximate surface area is 112 Å². The fourth-order valence-corrected chi connectivity index (χ4v) is 2.24. The summed E-state index contributed by atoms with van der Waals surface area (Å²) in [4.78, 5) is 6.69. The van der Waals surface area contributed by atoms with Crippen molar-refractivity contribution in [1.29, 1.82) is 0 Å². The second-order valence-electron chi connectivity index (χ2n) is 5.42. The molecule has 0 atom stereocenters. The van der Waals surface area contributed by atoms with E-state index in [1.54, 1.807) is 0 Å². The number of hydrogen-bond acceptors (Lipinski definition) is 2. The van der Waals surface area contributed by atoms with Crippen molar-refractivity contribution in [2.24, 2.45) is 5.92 Å². The van der Waals surface area contributed by atoms with E-state index in [4.69, 9.17) is 0 Å². The standard InChI is InChI=1S/C10H14N2.C6H14/c1-4-8-12(9-5-1)10-6-2-3-7-11-10;1-4-5-6(2)3/h2-3,6-7H,1,4-5,8-9H2;6H,4-5H2,1-3H3. The van der Waals surface area contributed by atoms with Crippen LogP contribution < -0.4 is 4.90 Å². The topological polar surface area (TPSA) is 16.1 Å². The average Bonchev–Trinajstić information content (AvgIpc) is 2.41. The van der Waals surface area contributed by atoms with E-state index in [1.807, 2.05) is 12.3 Å². The number of hydrogen-bond donors (Lipinski definition) is 0. The molecular formula is C16H28N2. The molecule has 0 aromatic carbocycles. The molecule has 0 aliphatic carbocycles. The van der Waals surface area contributed by atoms with Gasteiger partial charge in [0.1, 0.15) is 5.82 Å². The van der Waals surface area contributed by atoms with Gasteiger partial charge in [0, 0.05) is 19.3 Å². The minimum Gasteiger partial charge on any atom is -0.357 e. The van der Waals surface area contributed by atoms with Crippen LogP contribution in [0.1, 0.15) is 52.9 Å². The highest BCUT2D eigenvalue weighted by atomic mass is 15.2. The first kappa shape index (κ1) is 15.0.